The van der Waals surface area contributed by atoms with E-state index in [9.17, 15) is 9.00 Å². The van der Waals surface area contributed by atoms with Gasteiger partial charge in [-0.05, 0) is 10.7 Å². The van der Waals surface area contributed by atoms with Gasteiger partial charge in [-0.2, -0.15) is 0 Å². The van der Waals surface area contributed by atoms with Crippen molar-refractivity contribution in [1.29, 1.82) is 0 Å². The molecule has 0 aliphatic rings. The van der Waals surface area contributed by atoms with Gasteiger partial charge in [-0.1, -0.05) is 0 Å². The summed E-state index contributed by atoms with van der Waals surface area (Å²) in [5, 5.41) is -0.503. The number of hydrogen-bond donors (Lipinski definition) is 0. The van der Waals surface area contributed by atoms with E-state index >= 15 is 0 Å². The van der Waals surface area contributed by atoms with Crippen molar-refractivity contribution in [2.75, 3.05) is 0 Å². The van der Waals surface area contributed by atoms with E-state index in [1.54, 1.807) is 0 Å². The number of rotatable bonds is 0. The molecule has 36 valence electrons. The molecule has 2 nitrogen and oxygen atoms in total. The first kappa shape index (κ1) is 6.11. The van der Waals surface area contributed by atoms with Crippen LogP contribution in [0.2, 0.25) is 0 Å². The summed E-state index contributed by atoms with van der Waals surface area (Å²) < 4.78 is 9.67. The standard InChI is InChI=1S/C2H3ClO2S/c1-2(4)6(3)5/h1H3. The monoisotopic (exact) mass is 126 g/mol. The van der Waals surface area contributed by atoms with Crippen LogP contribution in [0, 0.1) is 0 Å². The third kappa shape index (κ3) is 2.35. The lowest BCUT2D eigenvalue weighted by Crippen LogP contribution is -1.90. The van der Waals surface area contributed by atoms with Gasteiger partial charge in [0.25, 0.3) is 0 Å². The number of carbonyl (C=O) groups is 1. The molecule has 1 atom stereocenters. The fourth-order valence-electron chi connectivity index (χ4n) is 0. The maximum Gasteiger partial charge on any atom is 0.231 e. The summed E-state index contributed by atoms with van der Waals surface area (Å²) >= 11 is 0. The van der Waals surface area contributed by atoms with Gasteiger partial charge >= 0.3 is 0 Å². The van der Waals surface area contributed by atoms with Crippen LogP contribution in [0.15, 0.2) is 0 Å². The Balaban J connectivity index is 3.57. The zero-order valence-electron chi connectivity index (χ0n) is 3.10. The molecule has 0 aromatic carbocycles. The molecule has 0 saturated heterocycles. The molecule has 0 amide bonds. The minimum absolute atomic E-state index is 0.503. The van der Waals surface area contributed by atoms with Crippen LogP contribution in [-0.4, -0.2) is 9.32 Å². The number of halogens is 1. The average Bonchev–Trinajstić information content (AvgIpc) is 1.36. The highest BCUT2D eigenvalue weighted by atomic mass is 35.7. The fourth-order valence-corrected chi connectivity index (χ4v) is 0. The first-order valence-corrected chi connectivity index (χ1v) is 3.21. The van der Waals surface area contributed by atoms with Gasteiger partial charge in [0.2, 0.25) is 5.12 Å². The second-order valence-corrected chi connectivity index (χ2v) is 2.58. The number of carbonyl (C=O) groups excluding carboxylic acids is 1. The Hall–Kier alpha value is 0.110. The number of hydrogen-bond acceptors (Lipinski definition) is 2. The van der Waals surface area contributed by atoms with Crippen molar-refractivity contribution in [2.45, 2.75) is 6.92 Å². The highest BCUT2D eigenvalue weighted by Gasteiger charge is 1.95. The molecule has 0 rings (SSSR count). The van der Waals surface area contributed by atoms with Gasteiger partial charge < -0.3 is 0 Å². The van der Waals surface area contributed by atoms with Crippen LogP contribution in [0.25, 0.3) is 0 Å². The van der Waals surface area contributed by atoms with Crippen molar-refractivity contribution in [3.63, 3.8) is 0 Å². The predicted octanol–water partition coefficient (Wildman–Crippen LogP) is 0.435. The van der Waals surface area contributed by atoms with Gasteiger partial charge in [0.15, 0.2) is 10.0 Å². The Morgan fingerprint density at radius 2 is 2.00 bits per heavy atom. The summed E-state index contributed by atoms with van der Waals surface area (Å²) in [6, 6.07) is 0. The molecule has 0 spiro atoms. The van der Waals surface area contributed by atoms with Crippen LogP contribution < -0.4 is 0 Å². The SMILES string of the molecule is CC(=O)S(=O)Cl. The van der Waals surface area contributed by atoms with Gasteiger partial charge in [-0.3, -0.25) is 4.79 Å². The van der Waals surface area contributed by atoms with Gasteiger partial charge in [0, 0.05) is 6.92 Å². The van der Waals surface area contributed by atoms with Crippen molar-refractivity contribution in [2.24, 2.45) is 0 Å². The van der Waals surface area contributed by atoms with E-state index in [1.807, 2.05) is 0 Å². The van der Waals surface area contributed by atoms with Crippen molar-refractivity contribution in [1.82, 2.24) is 0 Å². The molecule has 0 fully saturated rings. The first-order valence-electron chi connectivity index (χ1n) is 1.23. The normalized spacial score (nSPS) is 13.7. The summed E-state index contributed by atoms with van der Waals surface area (Å²) in [5.74, 6) is 0. The van der Waals surface area contributed by atoms with E-state index in [-0.39, 0.29) is 0 Å². The molecule has 0 aliphatic heterocycles. The van der Waals surface area contributed by atoms with Crippen LogP contribution in [0.3, 0.4) is 0 Å². The highest BCUT2D eigenvalue weighted by molar-refractivity contribution is 8.20. The lowest BCUT2D eigenvalue weighted by atomic mass is 10.9. The van der Waals surface area contributed by atoms with Crippen LogP contribution in [-0.2, 0) is 14.8 Å². The van der Waals surface area contributed by atoms with Gasteiger partial charge in [0.05, 0.1) is 0 Å². The van der Waals surface area contributed by atoms with E-state index in [2.05, 4.69) is 0 Å². The van der Waals surface area contributed by atoms with E-state index in [0.717, 1.165) is 0 Å². The van der Waals surface area contributed by atoms with Crippen LogP contribution in [0.5, 0.6) is 0 Å². The van der Waals surface area contributed by atoms with Crippen LogP contribution >= 0.6 is 10.7 Å². The van der Waals surface area contributed by atoms with Crippen molar-refractivity contribution in [3.05, 3.63) is 0 Å². The van der Waals surface area contributed by atoms with Crippen LogP contribution in [0.1, 0.15) is 6.92 Å². The van der Waals surface area contributed by atoms with Gasteiger partial charge in [-0.15, -0.1) is 0 Å². The molecule has 1 unspecified atom stereocenters. The van der Waals surface area contributed by atoms with Gasteiger partial charge in [-0.25, -0.2) is 4.21 Å². The molecule has 0 bridgehead atoms. The average molecular weight is 127 g/mol. The Labute approximate surface area is 42.4 Å². The Morgan fingerprint density at radius 1 is 1.83 bits per heavy atom. The maximum absolute atomic E-state index is 9.71. The molecule has 4 heteroatoms. The zero-order chi connectivity index (χ0) is 5.15. The zero-order valence-corrected chi connectivity index (χ0v) is 4.68. The van der Waals surface area contributed by atoms with E-state index in [4.69, 9.17) is 10.7 Å². The highest BCUT2D eigenvalue weighted by Crippen LogP contribution is 1.86. The third-order valence-corrected chi connectivity index (χ3v) is 1.33. The molecule has 0 aromatic rings. The topological polar surface area (TPSA) is 34.1 Å². The Bertz CT molecular complexity index is 77.5. The quantitative estimate of drug-likeness (QED) is 0.442. The smallest absolute Gasteiger partial charge is 0.231 e. The van der Waals surface area contributed by atoms with Crippen molar-refractivity contribution < 1.29 is 9.00 Å². The first-order chi connectivity index (χ1) is 2.64. The molecule has 6 heavy (non-hydrogen) atoms. The van der Waals surface area contributed by atoms with Crippen molar-refractivity contribution in [3.8, 4) is 0 Å². The second-order valence-electron chi connectivity index (χ2n) is 0.715. The predicted molar refractivity (Wildman–Crippen MR) is 24.7 cm³/mol. The Morgan fingerprint density at radius 3 is 2.00 bits per heavy atom. The minimum atomic E-state index is -1.78. The third-order valence-electron chi connectivity index (χ3n) is 0.226. The maximum atomic E-state index is 9.71. The van der Waals surface area contributed by atoms with Crippen LogP contribution in [0.4, 0.5) is 0 Å². The van der Waals surface area contributed by atoms with Gasteiger partial charge in [0.1, 0.15) is 0 Å². The molecular formula is C2H3ClO2S. The largest absolute Gasteiger partial charge is 0.283 e. The fraction of sp³-hybridized carbons (Fsp3) is 0.500. The summed E-state index contributed by atoms with van der Waals surface area (Å²) in [5.41, 5.74) is 0. The lowest BCUT2D eigenvalue weighted by Gasteiger charge is -1.72. The molecule has 0 aromatic heterocycles. The van der Waals surface area contributed by atoms with E-state index in [1.165, 1.54) is 6.92 Å². The molecule has 0 radical (unpaired) electrons. The summed E-state index contributed by atoms with van der Waals surface area (Å²) in [4.78, 5) is 9.71. The van der Waals surface area contributed by atoms with Crippen molar-refractivity contribution >= 4 is 25.8 Å². The molecule has 0 saturated carbocycles. The molecule has 0 aliphatic carbocycles. The Kier molecular flexibility index (Phi) is 2.35. The summed E-state index contributed by atoms with van der Waals surface area (Å²) in [6.07, 6.45) is 0. The molecular weight excluding hydrogens is 124 g/mol. The molecule has 0 heterocycles. The summed E-state index contributed by atoms with van der Waals surface area (Å²) in [6.45, 7) is 1.17. The second kappa shape index (κ2) is 2.31. The lowest BCUT2D eigenvalue weighted by molar-refractivity contribution is -0.109. The van der Waals surface area contributed by atoms with E-state index < -0.39 is 15.1 Å². The minimum Gasteiger partial charge on any atom is -0.283 e. The summed E-state index contributed by atoms with van der Waals surface area (Å²) in [7, 11) is 2.95. The van der Waals surface area contributed by atoms with E-state index in [0.29, 0.717) is 0 Å². The molecule has 0 N–H and O–H groups in total.